The Kier molecular flexibility index (Phi) is 5.23. The zero-order valence-corrected chi connectivity index (χ0v) is 14.7. The van der Waals surface area contributed by atoms with Crippen LogP contribution in [0.2, 0.25) is 0 Å². The van der Waals surface area contributed by atoms with Gasteiger partial charge in [-0.15, -0.1) is 0 Å². The summed E-state index contributed by atoms with van der Waals surface area (Å²) in [6.07, 6.45) is 2.82. The smallest absolute Gasteiger partial charge is 0.329 e. The van der Waals surface area contributed by atoms with Crippen molar-refractivity contribution >= 4 is 29.4 Å². The molecular weight excluding hydrogens is 342 g/mol. The van der Waals surface area contributed by atoms with Crippen molar-refractivity contribution in [3.8, 4) is 0 Å². The van der Waals surface area contributed by atoms with Gasteiger partial charge in [-0.2, -0.15) is 0 Å². The molecule has 5 nitrogen and oxygen atoms in total. The zero-order valence-electron chi connectivity index (χ0n) is 14.0. The molecule has 2 amide bonds. The Morgan fingerprint density at radius 2 is 1.92 bits per heavy atom. The number of halogens is 1. The Morgan fingerprint density at radius 1 is 1.24 bits per heavy atom. The number of benzene rings is 1. The van der Waals surface area contributed by atoms with E-state index < -0.39 is 23.8 Å². The third kappa shape index (κ3) is 3.47. The predicted octanol–water partition coefficient (Wildman–Crippen LogP) is 2.68. The van der Waals surface area contributed by atoms with E-state index in [1.165, 1.54) is 0 Å². The molecule has 1 aliphatic carbocycles. The number of esters is 1. The van der Waals surface area contributed by atoms with Gasteiger partial charge in [0.2, 0.25) is 11.8 Å². The predicted molar refractivity (Wildman–Crippen MR) is 92.6 cm³/mol. The molecule has 0 radical (unpaired) electrons. The summed E-state index contributed by atoms with van der Waals surface area (Å²) in [5, 5.41) is 0.597. The molecule has 3 atom stereocenters. The Hall–Kier alpha value is -2.14. The molecular formula is C19H20ClNO4. The summed E-state index contributed by atoms with van der Waals surface area (Å²) >= 11 is 6.05. The van der Waals surface area contributed by atoms with E-state index in [-0.39, 0.29) is 24.8 Å². The molecule has 132 valence electrons. The molecule has 0 spiro atoms. The van der Waals surface area contributed by atoms with Crippen LogP contribution in [0.3, 0.4) is 0 Å². The Bertz CT molecular complexity index is 715. The van der Waals surface area contributed by atoms with E-state index in [0.717, 1.165) is 10.5 Å². The van der Waals surface area contributed by atoms with Gasteiger partial charge in [0.1, 0.15) is 6.04 Å². The standard InChI is InChI=1S/C19H20ClNO4/c1-2-25-19(24)16(10-12-6-4-3-5-7-12)21-17(22)14-9-8-13(20)11-15(14)18(21)23/h3-8,14-16H,2,9-11H2,1H3/t14-,15+,16+/m1/s1. The minimum absolute atomic E-state index is 0.195. The van der Waals surface area contributed by atoms with Crippen molar-refractivity contribution in [3.05, 3.63) is 47.0 Å². The summed E-state index contributed by atoms with van der Waals surface area (Å²) in [4.78, 5) is 39.3. The highest BCUT2D eigenvalue weighted by Gasteiger charge is 2.52. The topological polar surface area (TPSA) is 63.7 Å². The van der Waals surface area contributed by atoms with Crippen LogP contribution in [0.5, 0.6) is 0 Å². The number of carbonyl (C=O) groups excluding carboxylic acids is 3. The first kappa shape index (κ1) is 17.7. The van der Waals surface area contributed by atoms with Gasteiger partial charge in [-0.3, -0.25) is 14.5 Å². The van der Waals surface area contributed by atoms with Crippen LogP contribution in [0.15, 0.2) is 41.4 Å². The molecule has 1 aromatic rings. The van der Waals surface area contributed by atoms with E-state index in [9.17, 15) is 14.4 Å². The number of amides is 2. The lowest BCUT2D eigenvalue weighted by Crippen LogP contribution is -2.47. The largest absolute Gasteiger partial charge is 0.464 e. The minimum atomic E-state index is -0.938. The lowest BCUT2D eigenvalue weighted by Gasteiger charge is -2.25. The van der Waals surface area contributed by atoms with Crippen molar-refractivity contribution in [2.24, 2.45) is 11.8 Å². The zero-order chi connectivity index (χ0) is 18.0. The SMILES string of the molecule is CCOC(=O)[C@H](Cc1ccccc1)N1C(=O)[C@H]2CC(Cl)=CC[C@H]2C1=O. The first-order valence-electron chi connectivity index (χ1n) is 8.45. The number of hydrogen-bond donors (Lipinski definition) is 0. The lowest BCUT2D eigenvalue weighted by molar-refractivity contribution is -0.158. The molecule has 0 aromatic heterocycles. The summed E-state index contributed by atoms with van der Waals surface area (Å²) in [5.41, 5.74) is 0.868. The summed E-state index contributed by atoms with van der Waals surface area (Å²) in [6, 6.07) is 8.37. The summed E-state index contributed by atoms with van der Waals surface area (Å²) in [5.74, 6) is -2.08. The number of fused-ring (bicyclic) bond motifs is 1. The Balaban J connectivity index is 1.89. The van der Waals surface area contributed by atoms with Gasteiger partial charge >= 0.3 is 5.97 Å². The molecule has 1 aromatic carbocycles. The van der Waals surface area contributed by atoms with Gasteiger partial charge in [-0.25, -0.2) is 4.79 Å². The van der Waals surface area contributed by atoms with Crippen LogP contribution >= 0.6 is 11.6 Å². The van der Waals surface area contributed by atoms with Crippen LogP contribution in [0.25, 0.3) is 0 Å². The highest BCUT2D eigenvalue weighted by molar-refractivity contribution is 6.30. The number of carbonyl (C=O) groups is 3. The van der Waals surface area contributed by atoms with Crippen molar-refractivity contribution in [2.45, 2.75) is 32.2 Å². The van der Waals surface area contributed by atoms with Gasteiger partial charge in [0.25, 0.3) is 0 Å². The second kappa shape index (κ2) is 7.40. The third-order valence-electron chi connectivity index (χ3n) is 4.75. The second-order valence-electron chi connectivity index (χ2n) is 6.31. The van der Waals surface area contributed by atoms with Gasteiger partial charge < -0.3 is 4.74 Å². The van der Waals surface area contributed by atoms with Crippen LogP contribution in [0.4, 0.5) is 0 Å². The quantitative estimate of drug-likeness (QED) is 0.597. The van der Waals surface area contributed by atoms with Gasteiger partial charge in [0, 0.05) is 11.5 Å². The van der Waals surface area contributed by atoms with Crippen molar-refractivity contribution in [1.82, 2.24) is 4.90 Å². The summed E-state index contributed by atoms with van der Waals surface area (Å²) < 4.78 is 5.14. The normalized spacial score (nSPS) is 23.9. The number of ether oxygens (including phenoxy) is 1. The van der Waals surface area contributed by atoms with Crippen LogP contribution in [0, 0.1) is 11.8 Å². The highest BCUT2D eigenvalue weighted by atomic mass is 35.5. The van der Waals surface area contributed by atoms with Crippen molar-refractivity contribution < 1.29 is 19.1 Å². The van der Waals surface area contributed by atoms with E-state index in [0.29, 0.717) is 17.9 Å². The number of hydrogen-bond acceptors (Lipinski definition) is 4. The van der Waals surface area contributed by atoms with Crippen LogP contribution in [-0.4, -0.2) is 35.3 Å². The van der Waals surface area contributed by atoms with E-state index in [2.05, 4.69) is 0 Å². The lowest BCUT2D eigenvalue weighted by atomic mass is 9.85. The Labute approximate surface area is 151 Å². The first-order valence-corrected chi connectivity index (χ1v) is 8.82. The molecule has 1 aliphatic heterocycles. The fourth-order valence-corrected chi connectivity index (χ4v) is 3.77. The molecule has 0 unspecified atom stereocenters. The number of rotatable bonds is 5. The maximum atomic E-state index is 12.8. The van der Waals surface area contributed by atoms with Crippen molar-refractivity contribution in [3.63, 3.8) is 0 Å². The maximum Gasteiger partial charge on any atom is 0.329 e. The van der Waals surface area contributed by atoms with Crippen LogP contribution < -0.4 is 0 Å². The van der Waals surface area contributed by atoms with E-state index >= 15 is 0 Å². The average molecular weight is 362 g/mol. The fourth-order valence-electron chi connectivity index (χ4n) is 3.52. The molecule has 0 N–H and O–H groups in total. The van der Waals surface area contributed by atoms with Crippen molar-refractivity contribution in [2.75, 3.05) is 6.61 Å². The first-order chi connectivity index (χ1) is 12.0. The molecule has 1 heterocycles. The van der Waals surface area contributed by atoms with Crippen LogP contribution in [-0.2, 0) is 25.5 Å². The molecule has 1 saturated heterocycles. The molecule has 1 fully saturated rings. The number of nitrogens with zero attached hydrogens (tertiary/aromatic N) is 1. The summed E-state index contributed by atoms with van der Waals surface area (Å²) in [7, 11) is 0. The Morgan fingerprint density at radius 3 is 2.60 bits per heavy atom. The maximum absolute atomic E-state index is 12.8. The van der Waals surface area contributed by atoms with Crippen LogP contribution in [0.1, 0.15) is 25.3 Å². The van der Waals surface area contributed by atoms with Gasteiger partial charge in [0.05, 0.1) is 18.4 Å². The molecule has 3 rings (SSSR count). The van der Waals surface area contributed by atoms with Crippen molar-refractivity contribution in [1.29, 1.82) is 0 Å². The number of imide groups is 1. The van der Waals surface area contributed by atoms with E-state index in [1.54, 1.807) is 13.0 Å². The number of allylic oxidation sites excluding steroid dienone is 2. The molecule has 2 aliphatic rings. The van der Waals surface area contributed by atoms with Gasteiger partial charge in [-0.05, 0) is 25.3 Å². The third-order valence-corrected chi connectivity index (χ3v) is 5.05. The van der Waals surface area contributed by atoms with E-state index in [4.69, 9.17) is 16.3 Å². The van der Waals surface area contributed by atoms with E-state index in [1.807, 2.05) is 30.3 Å². The monoisotopic (exact) mass is 361 g/mol. The molecule has 25 heavy (non-hydrogen) atoms. The molecule has 0 bridgehead atoms. The molecule has 6 heteroatoms. The number of likely N-dealkylation sites (tertiary alicyclic amines) is 1. The average Bonchev–Trinajstić information content (AvgIpc) is 2.84. The summed E-state index contributed by atoms with van der Waals surface area (Å²) in [6.45, 7) is 1.90. The van der Waals surface area contributed by atoms with Gasteiger partial charge in [0.15, 0.2) is 0 Å². The molecule has 0 saturated carbocycles. The minimum Gasteiger partial charge on any atom is -0.464 e. The highest BCUT2D eigenvalue weighted by Crippen LogP contribution is 2.40. The van der Waals surface area contributed by atoms with Gasteiger partial charge in [-0.1, -0.05) is 48.0 Å². The fraction of sp³-hybridized carbons (Fsp3) is 0.421. The second-order valence-corrected chi connectivity index (χ2v) is 6.79.